The van der Waals surface area contributed by atoms with Gasteiger partial charge in [0.2, 0.25) is 0 Å². The summed E-state index contributed by atoms with van der Waals surface area (Å²) in [5.41, 5.74) is 4.35. The van der Waals surface area contributed by atoms with Crippen LogP contribution >= 0.6 is 0 Å². The Bertz CT molecular complexity index is 1070. The summed E-state index contributed by atoms with van der Waals surface area (Å²) < 4.78 is 9.49. The first-order chi connectivity index (χ1) is 12.4. The van der Waals surface area contributed by atoms with Crippen LogP contribution in [0.2, 0.25) is 0 Å². The molecule has 1 atom stereocenters. The van der Waals surface area contributed by atoms with Crippen molar-refractivity contribution in [2.45, 2.75) is 26.2 Å². The van der Waals surface area contributed by atoms with Crippen molar-refractivity contribution in [1.82, 2.24) is 20.6 Å². The molecule has 0 aromatic carbocycles. The highest BCUT2D eigenvalue weighted by molar-refractivity contribution is 5.87. The second-order valence-corrected chi connectivity index (χ2v) is 6.03. The smallest absolute Gasteiger partial charge is 0.198 e. The van der Waals surface area contributed by atoms with Gasteiger partial charge in [0.15, 0.2) is 5.41 Å². The summed E-state index contributed by atoms with van der Waals surface area (Å²) in [4.78, 5) is 0. The van der Waals surface area contributed by atoms with E-state index in [0.717, 1.165) is 0 Å². The van der Waals surface area contributed by atoms with E-state index in [0.29, 0.717) is 17.0 Å². The van der Waals surface area contributed by atoms with Gasteiger partial charge in [-0.1, -0.05) is 21.5 Å². The molecule has 0 fully saturated rings. The van der Waals surface area contributed by atoms with E-state index < -0.39 is 10.8 Å². The third-order valence-electron chi connectivity index (χ3n) is 4.65. The molecule has 1 aliphatic carbocycles. The predicted molar refractivity (Wildman–Crippen MR) is 83.9 cm³/mol. The minimum absolute atomic E-state index is 0.0431. The molecule has 0 bridgehead atoms. The fourth-order valence-electron chi connectivity index (χ4n) is 3.19. The lowest BCUT2D eigenvalue weighted by molar-refractivity contribution is 0.285. The third kappa shape index (κ3) is 1.89. The van der Waals surface area contributed by atoms with Crippen molar-refractivity contribution < 1.29 is 9.26 Å². The Labute approximate surface area is 147 Å². The summed E-state index contributed by atoms with van der Waals surface area (Å²) >= 11 is 0. The topological polar surface area (TPSA) is 175 Å². The summed E-state index contributed by atoms with van der Waals surface area (Å²) in [6, 6.07) is 5.87. The minimum Gasteiger partial charge on any atom is -0.399 e. The van der Waals surface area contributed by atoms with Crippen molar-refractivity contribution in [1.29, 1.82) is 15.8 Å². The van der Waals surface area contributed by atoms with Crippen LogP contribution in [0.25, 0.3) is 5.57 Å². The minimum atomic E-state index is -1.89. The first kappa shape index (κ1) is 16.9. The second kappa shape index (κ2) is 5.54. The van der Waals surface area contributed by atoms with Gasteiger partial charge in [-0.2, -0.15) is 15.8 Å². The van der Waals surface area contributed by atoms with E-state index in [1.165, 1.54) is 0 Å². The molecule has 0 aliphatic heterocycles. The molecule has 26 heavy (non-hydrogen) atoms. The highest BCUT2D eigenvalue weighted by Crippen LogP contribution is 2.52. The average Bonchev–Trinajstić information content (AvgIpc) is 3.24. The molecule has 0 amide bonds. The van der Waals surface area contributed by atoms with E-state index in [-0.39, 0.29) is 22.7 Å². The van der Waals surface area contributed by atoms with Gasteiger partial charge < -0.3 is 5.73 Å². The lowest BCUT2D eigenvalue weighted by Gasteiger charge is -2.40. The number of hydrogen-bond donors (Lipinski definition) is 1. The Kier molecular flexibility index (Phi) is 3.59. The molecule has 0 unspecified atom stereocenters. The number of nitrogens with zero attached hydrogens (tertiary/aromatic N) is 7. The van der Waals surface area contributed by atoms with Crippen LogP contribution in [0, 0.1) is 53.3 Å². The van der Waals surface area contributed by atoms with Gasteiger partial charge in [0.05, 0.1) is 28.8 Å². The van der Waals surface area contributed by atoms with E-state index in [9.17, 15) is 15.8 Å². The van der Waals surface area contributed by atoms with Crippen LogP contribution in [-0.4, -0.2) is 20.6 Å². The van der Waals surface area contributed by atoms with Crippen LogP contribution in [0.15, 0.2) is 26.6 Å². The highest BCUT2D eigenvalue weighted by atomic mass is 16.6. The van der Waals surface area contributed by atoms with Gasteiger partial charge in [-0.05, 0) is 25.9 Å². The highest BCUT2D eigenvalue weighted by Gasteiger charge is 2.58. The van der Waals surface area contributed by atoms with Crippen molar-refractivity contribution in [2.75, 3.05) is 0 Å². The molecule has 2 aromatic rings. The van der Waals surface area contributed by atoms with Gasteiger partial charge in [0, 0.05) is 5.57 Å². The largest absolute Gasteiger partial charge is 0.399 e. The molecule has 128 valence electrons. The SMILES string of the molecule is Cc1nonc1C1=C[C@](C)(c2nonc2C)C(C#N)(C#N)C(N)=C1C#N. The third-order valence-corrected chi connectivity index (χ3v) is 4.65. The van der Waals surface area contributed by atoms with Crippen LogP contribution in [0.1, 0.15) is 29.7 Å². The molecule has 10 nitrogen and oxygen atoms in total. The molecule has 2 N–H and O–H groups in total. The molecule has 0 saturated carbocycles. The molecule has 1 aliphatic rings. The number of aromatic nitrogens is 4. The fourth-order valence-corrected chi connectivity index (χ4v) is 3.19. The molecule has 0 radical (unpaired) electrons. The molecular formula is C16H12N8O2. The number of nitriles is 3. The maximum Gasteiger partial charge on any atom is 0.198 e. The van der Waals surface area contributed by atoms with E-state index in [2.05, 4.69) is 20.6 Å². The van der Waals surface area contributed by atoms with Gasteiger partial charge in [-0.3, -0.25) is 0 Å². The summed E-state index contributed by atoms with van der Waals surface area (Å²) in [5.74, 6) is 0. The number of aryl methyl sites for hydroxylation is 2. The van der Waals surface area contributed by atoms with Gasteiger partial charge in [-0.25, -0.2) is 9.26 Å². The van der Waals surface area contributed by atoms with Crippen molar-refractivity contribution in [3.8, 4) is 18.2 Å². The van der Waals surface area contributed by atoms with Gasteiger partial charge in [-0.15, -0.1) is 0 Å². The molecule has 0 saturated heterocycles. The molecule has 2 aromatic heterocycles. The number of rotatable bonds is 2. The standard InChI is InChI=1S/C16H12N8O2/c1-8-12(23-25-21-8)10-4-15(3,14-9(2)22-26-24-14)16(6-18,7-19)13(20)11(10)5-17/h4H,20H2,1-3H3/t15-/m1/s1. The number of allylic oxidation sites excluding steroid dienone is 4. The summed E-state index contributed by atoms with van der Waals surface area (Å²) in [6.07, 6.45) is 1.55. The van der Waals surface area contributed by atoms with E-state index >= 15 is 0 Å². The first-order valence-corrected chi connectivity index (χ1v) is 7.41. The maximum absolute atomic E-state index is 9.87. The Balaban J connectivity index is 2.45. The zero-order valence-corrected chi connectivity index (χ0v) is 14.1. The predicted octanol–water partition coefficient (Wildman–Crippen LogP) is 1.19. The molecule has 0 spiro atoms. The number of nitrogens with two attached hydrogens (primary N) is 1. The van der Waals surface area contributed by atoms with Crippen molar-refractivity contribution in [2.24, 2.45) is 11.1 Å². The monoisotopic (exact) mass is 348 g/mol. The Morgan fingerprint density at radius 2 is 1.62 bits per heavy atom. The lowest BCUT2D eigenvalue weighted by atomic mass is 9.57. The zero-order chi connectivity index (χ0) is 19.1. The van der Waals surface area contributed by atoms with Crippen LogP contribution in [0.5, 0.6) is 0 Å². The first-order valence-electron chi connectivity index (χ1n) is 7.41. The molecular weight excluding hydrogens is 336 g/mol. The molecule has 10 heteroatoms. The van der Waals surface area contributed by atoms with Crippen molar-refractivity contribution >= 4 is 5.57 Å². The number of hydrogen-bond acceptors (Lipinski definition) is 10. The van der Waals surface area contributed by atoms with Crippen LogP contribution in [0.3, 0.4) is 0 Å². The lowest BCUT2D eigenvalue weighted by Crippen LogP contribution is -2.47. The molecule has 2 heterocycles. The van der Waals surface area contributed by atoms with Crippen LogP contribution in [-0.2, 0) is 5.41 Å². The fraction of sp³-hybridized carbons (Fsp3) is 0.312. The van der Waals surface area contributed by atoms with Crippen molar-refractivity contribution in [3.05, 3.63) is 40.1 Å². The van der Waals surface area contributed by atoms with Crippen molar-refractivity contribution in [3.63, 3.8) is 0 Å². The second-order valence-electron chi connectivity index (χ2n) is 6.03. The van der Waals surface area contributed by atoms with Crippen LogP contribution < -0.4 is 5.73 Å². The maximum atomic E-state index is 9.87. The van der Waals surface area contributed by atoms with E-state index in [1.54, 1.807) is 26.8 Å². The normalized spacial score (nSPS) is 21.5. The van der Waals surface area contributed by atoms with E-state index in [4.69, 9.17) is 15.0 Å². The Morgan fingerprint density at radius 3 is 2.08 bits per heavy atom. The summed E-state index contributed by atoms with van der Waals surface area (Å²) in [5, 5.41) is 44.5. The van der Waals surface area contributed by atoms with Gasteiger partial charge in [0.25, 0.3) is 0 Å². The summed E-state index contributed by atoms with van der Waals surface area (Å²) in [7, 11) is 0. The van der Waals surface area contributed by atoms with Crippen LogP contribution in [0.4, 0.5) is 0 Å². The Hall–Kier alpha value is -3.97. The van der Waals surface area contributed by atoms with Gasteiger partial charge >= 0.3 is 0 Å². The van der Waals surface area contributed by atoms with E-state index in [1.807, 2.05) is 18.2 Å². The molecule has 3 rings (SSSR count). The summed E-state index contributed by atoms with van der Waals surface area (Å²) in [6.45, 7) is 4.89. The average molecular weight is 348 g/mol. The van der Waals surface area contributed by atoms with Gasteiger partial charge in [0.1, 0.15) is 28.8 Å². The zero-order valence-electron chi connectivity index (χ0n) is 14.1. The quantitative estimate of drug-likeness (QED) is 0.829. The Morgan fingerprint density at radius 1 is 1.00 bits per heavy atom.